The summed E-state index contributed by atoms with van der Waals surface area (Å²) in [4.78, 5) is 19.2. The van der Waals surface area contributed by atoms with Crippen molar-refractivity contribution in [3.63, 3.8) is 0 Å². The van der Waals surface area contributed by atoms with Crippen LogP contribution in [0.4, 0.5) is 0 Å². The monoisotopic (exact) mass is 383 g/mol. The first-order valence-corrected chi connectivity index (χ1v) is 9.42. The third-order valence-corrected chi connectivity index (χ3v) is 4.74. The third-order valence-electron chi connectivity index (χ3n) is 4.74. The van der Waals surface area contributed by atoms with Crippen molar-refractivity contribution >= 4 is 16.7 Å². The van der Waals surface area contributed by atoms with E-state index in [1.54, 1.807) is 11.0 Å². The number of carbonyl (C=O) groups is 1. The van der Waals surface area contributed by atoms with Gasteiger partial charge in [0.05, 0.1) is 0 Å². The maximum absolute atomic E-state index is 13.1. The van der Waals surface area contributed by atoms with E-state index >= 15 is 0 Å². The highest BCUT2D eigenvalue weighted by molar-refractivity contribution is 5.98. The molecule has 0 saturated heterocycles. The Balaban J connectivity index is 1.56. The van der Waals surface area contributed by atoms with Crippen molar-refractivity contribution in [2.45, 2.75) is 13.5 Å². The maximum atomic E-state index is 13.1. The first-order valence-electron chi connectivity index (χ1n) is 9.42. The number of hydrogen-bond acceptors (Lipinski definition) is 4. The molecule has 144 valence electrons. The highest BCUT2D eigenvalue weighted by Gasteiger charge is 2.19. The van der Waals surface area contributed by atoms with Gasteiger partial charge in [-0.1, -0.05) is 71.4 Å². The molecule has 0 aliphatic heterocycles. The summed E-state index contributed by atoms with van der Waals surface area (Å²) in [6, 6.07) is 21.6. The van der Waals surface area contributed by atoms with Crippen molar-refractivity contribution < 1.29 is 9.32 Å². The lowest BCUT2D eigenvalue weighted by Crippen LogP contribution is -2.30. The molecule has 4 aromatic rings. The largest absolute Gasteiger partial charge is 0.337 e. The van der Waals surface area contributed by atoms with Gasteiger partial charge in [0.1, 0.15) is 6.54 Å². The second-order valence-corrected chi connectivity index (χ2v) is 6.91. The molecule has 0 aliphatic rings. The molecule has 0 spiro atoms. The van der Waals surface area contributed by atoms with Crippen LogP contribution in [-0.2, 0) is 6.54 Å². The average Bonchev–Trinajstić information content (AvgIpc) is 3.21. The van der Waals surface area contributed by atoms with Crippen LogP contribution in [0.2, 0.25) is 0 Å². The fraction of sp³-hybridized carbons (Fsp3) is 0.125. The van der Waals surface area contributed by atoms with Crippen LogP contribution in [0.3, 0.4) is 0 Å². The Kier molecular flexibility index (Phi) is 5.20. The quantitative estimate of drug-likeness (QED) is 0.438. The SMILES string of the molecule is C=CCN(Cc1nc(-c2ccc(C)cc2)no1)C(=O)c1ccc2ccccc2c1. The van der Waals surface area contributed by atoms with Gasteiger partial charge in [0.25, 0.3) is 5.91 Å². The minimum atomic E-state index is -0.106. The summed E-state index contributed by atoms with van der Waals surface area (Å²) in [6.45, 7) is 6.40. The lowest BCUT2D eigenvalue weighted by atomic mass is 10.1. The molecule has 1 amide bonds. The van der Waals surface area contributed by atoms with Crippen LogP contribution in [0.5, 0.6) is 0 Å². The number of aromatic nitrogens is 2. The van der Waals surface area contributed by atoms with Gasteiger partial charge in [-0.2, -0.15) is 4.98 Å². The average molecular weight is 383 g/mol. The van der Waals surface area contributed by atoms with Crippen LogP contribution in [0.25, 0.3) is 22.2 Å². The van der Waals surface area contributed by atoms with Gasteiger partial charge in [0, 0.05) is 17.7 Å². The highest BCUT2D eigenvalue weighted by atomic mass is 16.5. The van der Waals surface area contributed by atoms with E-state index in [0.717, 1.165) is 21.9 Å². The van der Waals surface area contributed by atoms with Gasteiger partial charge in [-0.25, -0.2) is 0 Å². The van der Waals surface area contributed by atoms with Crippen molar-refractivity contribution in [3.05, 3.63) is 96.4 Å². The Hall–Kier alpha value is -3.73. The Morgan fingerprint density at radius 3 is 2.59 bits per heavy atom. The van der Waals surface area contributed by atoms with Crippen molar-refractivity contribution in [2.24, 2.45) is 0 Å². The zero-order valence-electron chi connectivity index (χ0n) is 16.2. The molecular formula is C24H21N3O2. The summed E-state index contributed by atoms with van der Waals surface area (Å²) in [7, 11) is 0. The molecule has 0 bridgehead atoms. The minimum absolute atomic E-state index is 0.106. The fourth-order valence-corrected chi connectivity index (χ4v) is 3.18. The number of rotatable bonds is 6. The van der Waals surface area contributed by atoms with Crippen LogP contribution in [0.15, 0.2) is 83.9 Å². The molecule has 1 aromatic heterocycles. The molecule has 0 radical (unpaired) electrons. The van der Waals surface area contributed by atoms with Crippen LogP contribution in [0, 0.1) is 6.92 Å². The van der Waals surface area contributed by atoms with Gasteiger partial charge < -0.3 is 9.42 Å². The summed E-state index contributed by atoms with van der Waals surface area (Å²) < 4.78 is 5.39. The standard InChI is InChI=1S/C24H21N3O2/c1-3-14-27(24(28)21-13-12-18-6-4-5-7-20(18)15-21)16-22-25-23(26-29-22)19-10-8-17(2)9-11-19/h3-13,15H,1,14,16H2,2H3. The molecule has 0 aliphatic carbocycles. The Bertz CT molecular complexity index is 1160. The van der Waals surface area contributed by atoms with Crippen LogP contribution in [0.1, 0.15) is 21.8 Å². The first-order chi connectivity index (χ1) is 14.1. The zero-order chi connectivity index (χ0) is 20.2. The zero-order valence-corrected chi connectivity index (χ0v) is 16.2. The van der Waals surface area contributed by atoms with Crippen molar-refractivity contribution in [3.8, 4) is 11.4 Å². The molecule has 5 heteroatoms. The number of nitrogens with zero attached hydrogens (tertiary/aromatic N) is 3. The number of carbonyl (C=O) groups excluding carboxylic acids is 1. The van der Waals surface area contributed by atoms with Crippen molar-refractivity contribution in [1.82, 2.24) is 15.0 Å². The summed E-state index contributed by atoms with van der Waals surface area (Å²) >= 11 is 0. The topological polar surface area (TPSA) is 59.2 Å². The molecule has 0 unspecified atom stereocenters. The predicted molar refractivity (Wildman–Crippen MR) is 113 cm³/mol. The van der Waals surface area contributed by atoms with E-state index in [9.17, 15) is 4.79 Å². The lowest BCUT2D eigenvalue weighted by molar-refractivity contribution is 0.0745. The number of amides is 1. The van der Waals surface area contributed by atoms with Gasteiger partial charge >= 0.3 is 0 Å². The Labute approximate surface area is 169 Å². The van der Waals surface area contributed by atoms with Crippen molar-refractivity contribution in [1.29, 1.82) is 0 Å². The molecule has 3 aromatic carbocycles. The van der Waals surface area contributed by atoms with Gasteiger partial charge in [0.2, 0.25) is 11.7 Å². The van der Waals surface area contributed by atoms with Crippen molar-refractivity contribution in [2.75, 3.05) is 6.54 Å². The Morgan fingerprint density at radius 1 is 1.07 bits per heavy atom. The number of fused-ring (bicyclic) bond motifs is 1. The molecule has 1 heterocycles. The second-order valence-electron chi connectivity index (χ2n) is 6.91. The maximum Gasteiger partial charge on any atom is 0.254 e. The van der Waals surface area contributed by atoms with E-state index < -0.39 is 0 Å². The van der Waals surface area contributed by atoms with E-state index in [0.29, 0.717) is 23.8 Å². The molecule has 4 rings (SSSR count). The summed E-state index contributed by atoms with van der Waals surface area (Å²) in [6.07, 6.45) is 1.69. The highest BCUT2D eigenvalue weighted by Crippen LogP contribution is 2.19. The van der Waals surface area contributed by atoms with E-state index in [1.165, 1.54) is 0 Å². The van der Waals surface area contributed by atoms with Crippen LogP contribution in [-0.4, -0.2) is 27.5 Å². The lowest BCUT2D eigenvalue weighted by Gasteiger charge is -2.19. The number of aryl methyl sites for hydroxylation is 1. The number of benzene rings is 3. The normalized spacial score (nSPS) is 10.8. The smallest absolute Gasteiger partial charge is 0.254 e. The molecule has 0 N–H and O–H groups in total. The van der Waals surface area contributed by atoms with Gasteiger partial charge in [-0.05, 0) is 29.8 Å². The third kappa shape index (κ3) is 4.09. The summed E-state index contributed by atoms with van der Waals surface area (Å²) in [5, 5.41) is 6.17. The molecule has 0 atom stereocenters. The summed E-state index contributed by atoms with van der Waals surface area (Å²) in [5.74, 6) is 0.791. The minimum Gasteiger partial charge on any atom is -0.337 e. The molecular weight excluding hydrogens is 362 g/mol. The predicted octanol–water partition coefficient (Wildman–Crippen LogP) is 5.03. The van der Waals surface area contributed by atoms with E-state index in [4.69, 9.17) is 4.52 Å². The van der Waals surface area contributed by atoms with Crippen LogP contribution >= 0.6 is 0 Å². The summed E-state index contributed by atoms with van der Waals surface area (Å²) in [5.41, 5.74) is 2.65. The van der Waals surface area contributed by atoms with E-state index in [2.05, 4.69) is 16.7 Å². The second kappa shape index (κ2) is 8.10. The van der Waals surface area contributed by atoms with E-state index in [-0.39, 0.29) is 12.5 Å². The molecule has 5 nitrogen and oxygen atoms in total. The van der Waals surface area contributed by atoms with E-state index in [1.807, 2.05) is 73.7 Å². The van der Waals surface area contributed by atoms with Gasteiger partial charge in [-0.3, -0.25) is 4.79 Å². The first kappa shape index (κ1) is 18.6. The Morgan fingerprint density at radius 2 is 1.83 bits per heavy atom. The molecule has 29 heavy (non-hydrogen) atoms. The molecule has 0 fully saturated rings. The fourth-order valence-electron chi connectivity index (χ4n) is 3.18. The van der Waals surface area contributed by atoms with Gasteiger partial charge in [0.15, 0.2) is 0 Å². The van der Waals surface area contributed by atoms with Crippen LogP contribution < -0.4 is 0 Å². The molecule has 0 saturated carbocycles. The van der Waals surface area contributed by atoms with Gasteiger partial charge in [-0.15, -0.1) is 6.58 Å². The number of hydrogen-bond donors (Lipinski definition) is 0.